The molecule has 4 rings (SSSR count). The number of thiazole rings is 1. The second-order valence-electron chi connectivity index (χ2n) is 7.32. The van der Waals surface area contributed by atoms with Crippen LogP contribution < -0.4 is 10.6 Å². The number of thioether (sulfide) groups is 1. The van der Waals surface area contributed by atoms with Gasteiger partial charge in [-0.05, 0) is 48.9 Å². The third-order valence-electron chi connectivity index (χ3n) is 4.96. The van der Waals surface area contributed by atoms with Crippen LogP contribution in [0.1, 0.15) is 34.1 Å². The molecule has 9 heteroatoms. The van der Waals surface area contributed by atoms with Gasteiger partial charge in [0.15, 0.2) is 5.13 Å². The number of nitrogens with zero attached hydrogens (tertiary/aromatic N) is 1. The van der Waals surface area contributed by atoms with Crippen molar-refractivity contribution in [2.45, 2.75) is 23.5 Å². The monoisotopic (exact) mass is 491 g/mol. The molecule has 0 aliphatic heterocycles. The lowest BCUT2D eigenvalue weighted by atomic mass is 10.1. The SMILES string of the molecule is CCC(Sc1cccc(NC(=O)c2ccccc2C(=O)O)c1)C(=O)Nc1nc2ccccc2s1. The minimum atomic E-state index is -1.17. The third kappa shape index (κ3) is 5.44. The normalized spacial score (nSPS) is 11.7. The molecule has 0 fully saturated rings. The van der Waals surface area contributed by atoms with Gasteiger partial charge in [-0.15, -0.1) is 11.8 Å². The van der Waals surface area contributed by atoms with Crippen LogP contribution in [0, 0.1) is 0 Å². The molecule has 0 saturated carbocycles. The average molecular weight is 492 g/mol. The van der Waals surface area contributed by atoms with E-state index in [2.05, 4.69) is 15.6 Å². The van der Waals surface area contributed by atoms with E-state index in [1.54, 1.807) is 30.3 Å². The van der Waals surface area contributed by atoms with Gasteiger partial charge in [-0.3, -0.25) is 9.59 Å². The van der Waals surface area contributed by atoms with Crippen molar-refractivity contribution in [1.29, 1.82) is 0 Å². The first-order valence-corrected chi connectivity index (χ1v) is 12.2. The zero-order valence-electron chi connectivity index (χ0n) is 18.1. The molecule has 2 amide bonds. The summed E-state index contributed by atoms with van der Waals surface area (Å²) in [7, 11) is 0. The quantitative estimate of drug-likeness (QED) is 0.271. The maximum Gasteiger partial charge on any atom is 0.336 e. The van der Waals surface area contributed by atoms with E-state index >= 15 is 0 Å². The molecule has 0 radical (unpaired) electrons. The van der Waals surface area contributed by atoms with Crippen LogP contribution in [-0.2, 0) is 4.79 Å². The second-order valence-corrected chi connectivity index (χ2v) is 9.63. The Balaban J connectivity index is 1.44. The van der Waals surface area contributed by atoms with Crippen LogP contribution in [0.25, 0.3) is 10.2 Å². The third-order valence-corrected chi connectivity index (χ3v) is 7.27. The van der Waals surface area contributed by atoms with Crippen molar-refractivity contribution in [2.75, 3.05) is 10.6 Å². The summed E-state index contributed by atoms with van der Waals surface area (Å²) in [5.41, 5.74) is 1.37. The van der Waals surface area contributed by atoms with Gasteiger partial charge >= 0.3 is 5.97 Å². The number of fused-ring (bicyclic) bond motifs is 1. The van der Waals surface area contributed by atoms with Crippen LogP contribution in [0.3, 0.4) is 0 Å². The van der Waals surface area contributed by atoms with Gasteiger partial charge in [0, 0.05) is 10.6 Å². The highest BCUT2D eigenvalue weighted by molar-refractivity contribution is 8.00. The number of aromatic carboxylic acids is 1. The average Bonchev–Trinajstić information content (AvgIpc) is 3.25. The number of carbonyl (C=O) groups excluding carboxylic acids is 2. The number of carbonyl (C=O) groups is 3. The number of hydrogen-bond acceptors (Lipinski definition) is 6. The molecule has 172 valence electrons. The number of anilines is 2. The highest BCUT2D eigenvalue weighted by Gasteiger charge is 2.20. The first kappa shape index (κ1) is 23.5. The number of carboxylic acids is 1. The standard InChI is InChI=1S/C25H21N3O4S2/c1-2-20(23(30)28-25-27-19-12-5-6-13-21(19)34-25)33-16-9-7-8-15(14-16)26-22(29)17-10-3-4-11-18(17)24(31)32/h3-14,20H,2H2,1H3,(H,26,29)(H,31,32)(H,27,28,30). The first-order valence-electron chi connectivity index (χ1n) is 10.5. The summed E-state index contributed by atoms with van der Waals surface area (Å²) in [5.74, 6) is -1.82. The Kier molecular flexibility index (Phi) is 7.24. The summed E-state index contributed by atoms with van der Waals surface area (Å²) in [6.45, 7) is 1.93. The lowest BCUT2D eigenvalue weighted by Gasteiger charge is -2.14. The fraction of sp³-hybridized carbons (Fsp3) is 0.120. The number of benzene rings is 3. The van der Waals surface area contributed by atoms with E-state index in [0.29, 0.717) is 17.2 Å². The summed E-state index contributed by atoms with van der Waals surface area (Å²) in [5, 5.41) is 15.2. The zero-order valence-corrected chi connectivity index (χ0v) is 19.8. The molecule has 4 aromatic rings. The smallest absolute Gasteiger partial charge is 0.336 e. The summed E-state index contributed by atoms with van der Waals surface area (Å²) in [4.78, 5) is 42.2. The van der Waals surface area contributed by atoms with Crippen LogP contribution in [0.5, 0.6) is 0 Å². The molecule has 1 aromatic heterocycles. The van der Waals surface area contributed by atoms with Crippen LogP contribution in [0.4, 0.5) is 10.8 Å². The van der Waals surface area contributed by atoms with E-state index in [1.165, 1.54) is 35.2 Å². The molecular weight excluding hydrogens is 470 g/mol. The Morgan fingerprint density at radius 2 is 1.71 bits per heavy atom. The van der Waals surface area contributed by atoms with E-state index < -0.39 is 11.9 Å². The van der Waals surface area contributed by atoms with E-state index in [4.69, 9.17) is 0 Å². The highest BCUT2D eigenvalue weighted by atomic mass is 32.2. The van der Waals surface area contributed by atoms with E-state index in [1.807, 2.05) is 37.3 Å². The fourth-order valence-corrected chi connectivity index (χ4v) is 5.19. The molecule has 0 bridgehead atoms. The van der Waals surface area contributed by atoms with Crippen LogP contribution in [-0.4, -0.2) is 33.1 Å². The van der Waals surface area contributed by atoms with Crippen molar-refractivity contribution in [3.05, 3.63) is 83.9 Å². The predicted octanol–water partition coefficient (Wildman–Crippen LogP) is 5.76. The number of para-hydroxylation sites is 1. The molecule has 1 atom stereocenters. The predicted molar refractivity (Wildman–Crippen MR) is 136 cm³/mol. The van der Waals surface area contributed by atoms with Crippen LogP contribution in [0.2, 0.25) is 0 Å². The number of nitrogens with one attached hydrogen (secondary N) is 2. The second kappa shape index (κ2) is 10.5. The summed E-state index contributed by atoms with van der Waals surface area (Å²) < 4.78 is 1.01. The molecule has 7 nitrogen and oxygen atoms in total. The molecule has 34 heavy (non-hydrogen) atoms. The van der Waals surface area contributed by atoms with Crippen molar-refractivity contribution < 1.29 is 19.5 Å². The summed E-state index contributed by atoms with van der Waals surface area (Å²) in [6.07, 6.45) is 0.601. The molecule has 1 unspecified atom stereocenters. The van der Waals surface area contributed by atoms with E-state index in [9.17, 15) is 19.5 Å². The van der Waals surface area contributed by atoms with Gasteiger partial charge in [-0.25, -0.2) is 9.78 Å². The molecule has 0 spiro atoms. The maximum atomic E-state index is 12.9. The Hall–Kier alpha value is -3.69. The Morgan fingerprint density at radius 1 is 0.971 bits per heavy atom. The van der Waals surface area contributed by atoms with E-state index in [0.717, 1.165) is 15.1 Å². The van der Waals surface area contributed by atoms with Gasteiger partial charge < -0.3 is 15.7 Å². The summed E-state index contributed by atoms with van der Waals surface area (Å²) >= 11 is 2.82. The van der Waals surface area contributed by atoms with Crippen LogP contribution in [0.15, 0.2) is 77.7 Å². The molecule has 0 aliphatic rings. The van der Waals surface area contributed by atoms with Crippen molar-refractivity contribution in [2.24, 2.45) is 0 Å². The lowest BCUT2D eigenvalue weighted by Crippen LogP contribution is -2.24. The minimum Gasteiger partial charge on any atom is -0.478 e. The molecular formula is C25H21N3O4S2. The van der Waals surface area contributed by atoms with Crippen molar-refractivity contribution in [3.8, 4) is 0 Å². The topological polar surface area (TPSA) is 108 Å². The Bertz CT molecular complexity index is 1340. The number of rotatable bonds is 8. The Labute approximate surface area is 204 Å². The number of carboxylic acid groups (broad SMARTS) is 1. The maximum absolute atomic E-state index is 12.9. The number of hydrogen-bond donors (Lipinski definition) is 3. The largest absolute Gasteiger partial charge is 0.478 e. The molecule has 0 aliphatic carbocycles. The highest BCUT2D eigenvalue weighted by Crippen LogP contribution is 2.30. The number of aromatic nitrogens is 1. The molecule has 3 N–H and O–H groups in total. The van der Waals surface area contributed by atoms with Crippen molar-refractivity contribution in [3.63, 3.8) is 0 Å². The van der Waals surface area contributed by atoms with Gasteiger partial charge in [0.25, 0.3) is 5.91 Å². The minimum absolute atomic E-state index is 0.0666. The number of amides is 2. The van der Waals surface area contributed by atoms with Crippen LogP contribution >= 0.6 is 23.1 Å². The lowest BCUT2D eigenvalue weighted by molar-refractivity contribution is -0.115. The van der Waals surface area contributed by atoms with Gasteiger partial charge in [0.1, 0.15) is 0 Å². The van der Waals surface area contributed by atoms with E-state index in [-0.39, 0.29) is 22.3 Å². The van der Waals surface area contributed by atoms with Gasteiger partial charge in [0.2, 0.25) is 5.91 Å². The molecule has 1 heterocycles. The first-order chi connectivity index (χ1) is 16.4. The molecule has 3 aromatic carbocycles. The fourth-order valence-electron chi connectivity index (χ4n) is 3.31. The molecule has 0 saturated heterocycles. The van der Waals surface area contributed by atoms with Gasteiger partial charge in [0.05, 0.1) is 26.6 Å². The van der Waals surface area contributed by atoms with Crippen molar-refractivity contribution in [1.82, 2.24) is 4.98 Å². The summed E-state index contributed by atoms with van der Waals surface area (Å²) in [6, 6.07) is 20.9. The van der Waals surface area contributed by atoms with Gasteiger partial charge in [-0.2, -0.15) is 0 Å². The zero-order chi connectivity index (χ0) is 24.1. The van der Waals surface area contributed by atoms with Crippen molar-refractivity contribution >= 4 is 61.9 Å². The van der Waals surface area contributed by atoms with Gasteiger partial charge in [-0.1, -0.05) is 48.6 Å². The Morgan fingerprint density at radius 3 is 2.44 bits per heavy atom.